The predicted molar refractivity (Wildman–Crippen MR) is 128 cm³/mol. The van der Waals surface area contributed by atoms with Gasteiger partial charge in [-0.05, 0) is 29.7 Å². The number of carboxylic acids is 1. The number of benzene rings is 3. The van der Waals surface area contributed by atoms with E-state index in [1.54, 1.807) is 30.3 Å². The highest BCUT2D eigenvalue weighted by molar-refractivity contribution is 6.10. The summed E-state index contributed by atoms with van der Waals surface area (Å²) in [7, 11) is 0. The number of nitrogens with zero attached hydrogens (tertiary/aromatic N) is 1. The number of para-hydroxylation sites is 1. The average molecular weight is 477 g/mol. The quantitative estimate of drug-likeness (QED) is 0.380. The molecule has 3 aromatic carbocycles. The minimum absolute atomic E-state index is 0.175. The zero-order chi connectivity index (χ0) is 25.0. The average Bonchev–Trinajstić information content (AvgIpc) is 2.96. The molecule has 0 aromatic heterocycles. The number of alkyl halides is 1. The normalized spacial score (nSPS) is 16.5. The molecule has 2 N–H and O–H groups in total. The second-order valence-corrected chi connectivity index (χ2v) is 8.35. The van der Waals surface area contributed by atoms with Crippen LogP contribution in [0.4, 0.5) is 10.1 Å². The van der Waals surface area contributed by atoms with Crippen molar-refractivity contribution in [2.75, 3.05) is 18.1 Å². The second-order valence-electron chi connectivity index (χ2n) is 8.35. The number of hydrogen-bond acceptors (Lipinski definition) is 4. The number of carbonyl (C=O) groups excluding carboxylic acids is 2. The molecule has 7 nitrogen and oxygen atoms in total. The van der Waals surface area contributed by atoms with Crippen molar-refractivity contribution in [3.63, 3.8) is 0 Å². The molecule has 180 valence electrons. The fraction of sp³-hybridized carbons (Fsp3) is 0.222. The van der Waals surface area contributed by atoms with Gasteiger partial charge in [0.05, 0.1) is 18.9 Å². The third-order valence-corrected chi connectivity index (χ3v) is 5.94. The molecule has 8 heteroatoms. The highest BCUT2D eigenvalue weighted by Gasteiger charge is 2.45. The number of nitrogens with one attached hydrogen (secondary N) is 1. The lowest BCUT2D eigenvalue weighted by Crippen LogP contribution is -2.51. The van der Waals surface area contributed by atoms with Crippen LogP contribution in [0, 0.1) is 0 Å². The molecule has 4 rings (SSSR count). The number of hydrogen-bond donors (Lipinski definition) is 2. The van der Waals surface area contributed by atoms with Gasteiger partial charge >= 0.3 is 5.97 Å². The fourth-order valence-electron chi connectivity index (χ4n) is 3.99. The summed E-state index contributed by atoms with van der Waals surface area (Å²) in [5.74, 6) is -3.84. The first kappa shape index (κ1) is 24.1. The molecule has 0 saturated heterocycles. The van der Waals surface area contributed by atoms with E-state index in [9.17, 15) is 18.8 Å². The Kier molecular flexibility index (Phi) is 6.93. The first-order valence-electron chi connectivity index (χ1n) is 11.2. The van der Waals surface area contributed by atoms with Crippen LogP contribution >= 0.6 is 0 Å². The molecule has 1 aliphatic heterocycles. The van der Waals surface area contributed by atoms with Crippen LogP contribution in [-0.2, 0) is 25.7 Å². The van der Waals surface area contributed by atoms with Crippen molar-refractivity contribution in [2.24, 2.45) is 0 Å². The van der Waals surface area contributed by atoms with Crippen molar-refractivity contribution in [1.82, 2.24) is 5.32 Å². The molecule has 0 unspecified atom stereocenters. The van der Waals surface area contributed by atoms with Gasteiger partial charge in [0.2, 0.25) is 0 Å². The van der Waals surface area contributed by atoms with Gasteiger partial charge in [0, 0.05) is 12.1 Å². The molecule has 3 aromatic rings. The Bertz CT molecular complexity index is 1250. The van der Waals surface area contributed by atoms with Crippen LogP contribution in [0.3, 0.4) is 0 Å². The predicted octanol–water partition coefficient (Wildman–Crippen LogP) is 3.89. The monoisotopic (exact) mass is 476 g/mol. The van der Waals surface area contributed by atoms with Gasteiger partial charge in [-0.15, -0.1) is 0 Å². The van der Waals surface area contributed by atoms with Crippen LogP contribution in [0.1, 0.15) is 24.1 Å². The van der Waals surface area contributed by atoms with Crippen molar-refractivity contribution in [3.05, 3.63) is 90.0 Å². The summed E-state index contributed by atoms with van der Waals surface area (Å²) in [6.07, 6.45) is 0. The van der Waals surface area contributed by atoms with E-state index >= 15 is 0 Å². The van der Waals surface area contributed by atoms with Gasteiger partial charge in [0.15, 0.2) is 0 Å². The van der Waals surface area contributed by atoms with Crippen LogP contribution in [0.25, 0.3) is 11.1 Å². The molecule has 0 bridgehead atoms. The zero-order valence-corrected chi connectivity index (χ0v) is 19.1. The summed E-state index contributed by atoms with van der Waals surface area (Å²) in [6, 6.07) is 22.6. The summed E-state index contributed by atoms with van der Waals surface area (Å²) >= 11 is 0. The minimum Gasteiger partial charge on any atom is -0.478 e. The van der Waals surface area contributed by atoms with E-state index in [0.29, 0.717) is 30.3 Å². The molecule has 1 heterocycles. The number of rotatable bonds is 8. The lowest BCUT2D eigenvalue weighted by molar-refractivity contribution is -0.157. The summed E-state index contributed by atoms with van der Waals surface area (Å²) in [5, 5.41) is 11.5. The molecular weight excluding hydrogens is 451 g/mol. The Balaban J connectivity index is 1.65. The zero-order valence-electron chi connectivity index (χ0n) is 19.1. The maximum absolute atomic E-state index is 14.6. The Morgan fingerprint density at radius 2 is 1.63 bits per heavy atom. The SMILES string of the molecule is C[C@@](F)(C(=O)O)C(=O)N[C@@H]1C(=O)N(CCOCc2ccccc2)c2ccccc2-c2ccccc21. The van der Waals surface area contributed by atoms with Gasteiger partial charge in [-0.25, -0.2) is 9.18 Å². The summed E-state index contributed by atoms with van der Waals surface area (Å²) in [4.78, 5) is 39.1. The van der Waals surface area contributed by atoms with E-state index in [2.05, 4.69) is 5.32 Å². The first-order chi connectivity index (χ1) is 16.8. The van der Waals surface area contributed by atoms with Crippen LogP contribution in [-0.4, -0.2) is 41.7 Å². The van der Waals surface area contributed by atoms with Crippen molar-refractivity contribution in [3.8, 4) is 11.1 Å². The molecule has 0 fully saturated rings. The van der Waals surface area contributed by atoms with Gasteiger partial charge in [0.1, 0.15) is 6.04 Å². The molecule has 0 aliphatic carbocycles. The van der Waals surface area contributed by atoms with Crippen LogP contribution in [0.5, 0.6) is 0 Å². The molecule has 0 radical (unpaired) electrons. The third kappa shape index (κ3) is 4.93. The lowest BCUT2D eigenvalue weighted by atomic mass is 9.95. The first-order valence-corrected chi connectivity index (χ1v) is 11.2. The maximum atomic E-state index is 14.6. The number of amides is 2. The van der Waals surface area contributed by atoms with Gasteiger partial charge in [-0.2, -0.15) is 0 Å². The van der Waals surface area contributed by atoms with E-state index in [0.717, 1.165) is 11.1 Å². The highest BCUT2D eigenvalue weighted by Crippen LogP contribution is 2.40. The van der Waals surface area contributed by atoms with Gasteiger partial charge in [0.25, 0.3) is 17.5 Å². The Hall–Kier alpha value is -4.04. The minimum atomic E-state index is -3.20. The Labute approximate surface area is 202 Å². The van der Waals surface area contributed by atoms with Gasteiger partial charge < -0.3 is 20.1 Å². The molecule has 0 spiro atoms. The summed E-state index contributed by atoms with van der Waals surface area (Å²) < 4.78 is 20.4. The number of halogens is 1. The summed E-state index contributed by atoms with van der Waals surface area (Å²) in [5.41, 5.74) is 0.308. The topological polar surface area (TPSA) is 95.9 Å². The number of ether oxygens (including phenoxy) is 1. The molecule has 0 saturated carbocycles. The standard InChI is InChI=1S/C27H25FN2O5/c1-27(28,26(33)34)25(32)29-23-21-13-6-5-11-19(21)20-12-7-8-14-22(20)30(24(23)31)15-16-35-17-18-9-3-2-4-10-18/h2-14,23H,15-17H2,1H3,(H,29,32)(H,33,34)/t23-,27-/m0/s1. The molecule has 2 amide bonds. The smallest absolute Gasteiger partial charge is 0.351 e. The molecule has 2 atom stereocenters. The van der Waals surface area contributed by atoms with E-state index in [1.165, 1.54) is 4.90 Å². The number of anilines is 1. The van der Waals surface area contributed by atoms with Crippen molar-refractivity contribution < 1.29 is 28.6 Å². The largest absolute Gasteiger partial charge is 0.478 e. The van der Waals surface area contributed by atoms with Crippen molar-refractivity contribution in [1.29, 1.82) is 0 Å². The van der Waals surface area contributed by atoms with Gasteiger partial charge in [-0.1, -0.05) is 72.8 Å². The van der Waals surface area contributed by atoms with E-state index in [-0.39, 0.29) is 13.2 Å². The highest BCUT2D eigenvalue weighted by atomic mass is 19.1. The van der Waals surface area contributed by atoms with E-state index in [4.69, 9.17) is 9.84 Å². The number of aliphatic carboxylic acids is 1. The van der Waals surface area contributed by atoms with Crippen LogP contribution in [0.2, 0.25) is 0 Å². The number of carboxylic acid groups (broad SMARTS) is 1. The molecule has 1 aliphatic rings. The van der Waals surface area contributed by atoms with Crippen LogP contribution < -0.4 is 10.2 Å². The Morgan fingerprint density at radius 1 is 1.00 bits per heavy atom. The molecule has 35 heavy (non-hydrogen) atoms. The lowest BCUT2D eigenvalue weighted by Gasteiger charge is -2.27. The third-order valence-electron chi connectivity index (χ3n) is 5.94. The Morgan fingerprint density at radius 3 is 2.34 bits per heavy atom. The number of carbonyl (C=O) groups is 3. The van der Waals surface area contributed by atoms with E-state index in [1.807, 2.05) is 48.5 Å². The van der Waals surface area contributed by atoms with Gasteiger partial charge in [-0.3, -0.25) is 9.59 Å². The van der Waals surface area contributed by atoms with Crippen LogP contribution in [0.15, 0.2) is 78.9 Å². The fourth-order valence-corrected chi connectivity index (χ4v) is 3.99. The number of fused-ring (bicyclic) bond motifs is 3. The molecular formula is C27H25FN2O5. The second kappa shape index (κ2) is 10.1. The van der Waals surface area contributed by atoms with Crippen molar-refractivity contribution >= 4 is 23.5 Å². The maximum Gasteiger partial charge on any atom is 0.351 e. The van der Waals surface area contributed by atoms with E-state index < -0.39 is 29.5 Å². The van der Waals surface area contributed by atoms with Crippen molar-refractivity contribution in [2.45, 2.75) is 25.2 Å². The summed E-state index contributed by atoms with van der Waals surface area (Å²) in [6.45, 7) is 1.40.